The Morgan fingerprint density at radius 2 is 1.86 bits per heavy atom. The molecule has 2 unspecified atom stereocenters. The number of amides is 1. The van der Waals surface area contributed by atoms with E-state index in [1.54, 1.807) is 23.6 Å². The summed E-state index contributed by atoms with van der Waals surface area (Å²) < 4.78 is 73.8. The summed E-state index contributed by atoms with van der Waals surface area (Å²) in [6.45, 7) is 7.84. The highest BCUT2D eigenvalue weighted by Crippen LogP contribution is 2.48. The van der Waals surface area contributed by atoms with E-state index in [9.17, 15) is 31.5 Å². The largest absolute Gasteiger partial charge is 0.417 e. The Hall–Kier alpha value is -4.11. The first-order chi connectivity index (χ1) is 20.8. The van der Waals surface area contributed by atoms with Gasteiger partial charge in [-0.05, 0) is 50.3 Å². The molecule has 2 aromatic carbocycles. The van der Waals surface area contributed by atoms with Crippen molar-refractivity contribution in [2.45, 2.75) is 50.0 Å². The molecule has 3 heterocycles. The molecule has 236 valence electrons. The number of nitrogens with one attached hydrogen (secondary N) is 1. The van der Waals surface area contributed by atoms with Crippen molar-refractivity contribution in [3.63, 3.8) is 0 Å². The number of hydrogen-bond acceptors (Lipinski definition) is 8. The number of alkyl halides is 3. The SMILES string of the molecule is C=CC(=O)N1C(C)CN(c2nc(=O)n3c4c(c(-c5ccc(F)cc5F)c(C(F)(F)F)cc24)SCCC3)CC1C.N/C=C\NN. The number of nitrogens with zero attached hydrogens (tertiary/aromatic N) is 4. The summed E-state index contributed by atoms with van der Waals surface area (Å²) in [6, 6.07) is 2.70. The minimum Gasteiger partial charge on any atom is -0.403 e. The fraction of sp³-hybridized carbons (Fsp3) is 0.345. The van der Waals surface area contributed by atoms with Crippen LogP contribution < -0.4 is 27.6 Å². The number of thioether (sulfide) groups is 1. The Bertz CT molecular complexity index is 1650. The van der Waals surface area contributed by atoms with Crippen LogP contribution in [0.3, 0.4) is 0 Å². The molecule has 2 aliphatic rings. The van der Waals surface area contributed by atoms with Crippen molar-refractivity contribution in [2.75, 3.05) is 23.7 Å². The van der Waals surface area contributed by atoms with Crippen LogP contribution in [0.5, 0.6) is 0 Å². The standard InChI is InChI=1S/C27H25F5N4O2S.C2H7N3/c1-4-21(37)36-14(2)12-34(13-15(36)3)25-18-11-19(27(30,31)32)22(17-7-6-16(28)10-20(17)29)24-23(18)35(26(38)33-25)8-5-9-39-24;3-1-2-5-4/h4,6-7,10-11,14-15H,1,5,8-9,12-13H2,2-3H3;1-2,5H,3-4H2/b;2-1-. The molecule has 2 aliphatic heterocycles. The van der Waals surface area contributed by atoms with Gasteiger partial charge in [-0.15, -0.1) is 11.8 Å². The van der Waals surface area contributed by atoms with Crippen LogP contribution in [0.15, 0.2) is 59.0 Å². The minimum atomic E-state index is -4.89. The van der Waals surface area contributed by atoms with Crippen LogP contribution in [0.1, 0.15) is 25.8 Å². The zero-order chi connectivity index (χ0) is 32.3. The summed E-state index contributed by atoms with van der Waals surface area (Å²) in [6.07, 6.45) is -0.442. The Morgan fingerprint density at radius 1 is 1.18 bits per heavy atom. The number of benzene rings is 2. The molecule has 1 amide bonds. The second kappa shape index (κ2) is 13.3. The number of anilines is 1. The molecule has 15 heteroatoms. The summed E-state index contributed by atoms with van der Waals surface area (Å²) >= 11 is 1.11. The predicted octanol–water partition coefficient (Wildman–Crippen LogP) is 4.35. The van der Waals surface area contributed by atoms with Gasteiger partial charge in [0, 0.05) is 71.6 Å². The van der Waals surface area contributed by atoms with Crippen LogP contribution in [-0.2, 0) is 17.5 Å². The van der Waals surface area contributed by atoms with Crippen LogP contribution >= 0.6 is 11.8 Å². The molecule has 0 saturated carbocycles. The molecule has 5 rings (SSSR count). The predicted molar refractivity (Wildman–Crippen MR) is 161 cm³/mol. The van der Waals surface area contributed by atoms with Gasteiger partial charge in [0.1, 0.15) is 17.5 Å². The average Bonchev–Trinajstić information content (AvgIpc) is 3.19. The number of aryl methyl sites for hydroxylation is 1. The summed E-state index contributed by atoms with van der Waals surface area (Å²) in [5, 5.41) is 0.112. The number of hydrogen-bond donors (Lipinski definition) is 3. The van der Waals surface area contributed by atoms with E-state index in [2.05, 4.69) is 17.0 Å². The van der Waals surface area contributed by atoms with Crippen LogP contribution in [0.2, 0.25) is 0 Å². The van der Waals surface area contributed by atoms with E-state index in [1.807, 2.05) is 0 Å². The maximum absolute atomic E-state index is 15.0. The van der Waals surface area contributed by atoms with Gasteiger partial charge in [0.15, 0.2) is 0 Å². The molecule has 1 fully saturated rings. The first-order valence-corrected chi connectivity index (χ1v) is 14.6. The number of carbonyl (C=O) groups is 1. The summed E-state index contributed by atoms with van der Waals surface area (Å²) in [5.74, 6) is 2.88. The molecule has 0 radical (unpaired) electrons. The highest BCUT2D eigenvalue weighted by molar-refractivity contribution is 7.99. The molecule has 0 aliphatic carbocycles. The zero-order valence-electron chi connectivity index (χ0n) is 24.0. The van der Waals surface area contributed by atoms with E-state index < -0.39 is 40.2 Å². The van der Waals surface area contributed by atoms with E-state index in [1.165, 1.54) is 23.0 Å². The maximum Gasteiger partial charge on any atom is 0.417 e. The lowest BCUT2D eigenvalue weighted by atomic mass is 9.95. The fourth-order valence-electron chi connectivity index (χ4n) is 5.65. The van der Waals surface area contributed by atoms with Gasteiger partial charge in [-0.3, -0.25) is 15.2 Å². The molecule has 1 aromatic heterocycles. The van der Waals surface area contributed by atoms with Crippen molar-refractivity contribution >= 4 is 34.4 Å². The van der Waals surface area contributed by atoms with Crippen LogP contribution in [-0.4, -0.2) is 51.3 Å². The van der Waals surface area contributed by atoms with Gasteiger partial charge >= 0.3 is 11.9 Å². The second-order valence-corrected chi connectivity index (χ2v) is 11.4. The zero-order valence-corrected chi connectivity index (χ0v) is 24.8. The first-order valence-electron chi connectivity index (χ1n) is 13.6. The average molecular weight is 638 g/mol. The van der Waals surface area contributed by atoms with Gasteiger partial charge in [0.25, 0.3) is 0 Å². The molecule has 2 atom stereocenters. The number of nitrogens with two attached hydrogens (primary N) is 2. The number of carbonyl (C=O) groups excluding carboxylic acids is 1. The molecule has 3 aromatic rings. The van der Waals surface area contributed by atoms with Gasteiger partial charge in [-0.1, -0.05) is 6.58 Å². The Labute approximate surface area is 254 Å². The van der Waals surface area contributed by atoms with Crippen molar-refractivity contribution in [2.24, 2.45) is 11.6 Å². The fourth-order valence-corrected chi connectivity index (χ4v) is 6.85. The third-order valence-corrected chi connectivity index (χ3v) is 8.50. The van der Waals surface area contributed by atoms with E-state index >= 15 is 0 Å². The molecule has 0 bridgehead atoms. The van der Waals surface area contributed by atoms with E-state index in [-0.39, 0.29) is 59.2 Å². The molecule has 44 heavy (non-hydrogen) atoms. The second-order valence-electron chi connectivity index (χ2n) is 10.3. The lowest BCUT2D eigenvalue weighted by molar-refractivity contribution is -0.137. The minimum absolute atomic E-state index is 0.0797. The lowest BCUT2D eigenvalue weighted by Gasteiger charge is -2.44. The molecule has 9 nitrogen and oxygen atoms in total. The number of halogens is 5. The van der Waals surface area contributed by atoms with Crippen molar-refractivity contribution < 1.29 is 26.7 Å². The number of piperazine rings is 1. The third-order valence-electron chi connectivity index (χ3n) is 7.32. The summed E-state index contributed by atoms with van der Waals surface area (Å²) in [4.78, 5) is 33.4. The smallest absolute Gasteiger partial charge is 0.403 e. The van der Waals surface area contributed by atoms with Crippen LogP contribution in [0.4, 0.5) is 27.8 Å². The van der Waals surface area contributed by atoms with Crippen LogP contribution in [0, 0.1) is 11.6 Å². The lowest BCUT2D eigenvalue weighted by Crippen LogP contribution is -2.58. The molecule has 5 N–H and O–H groups in total. The van der Waals surface area contributed by atoms with Gasteiger partial charge in [-0.2, -0.15) is 18.2 Å². The number of aromatic nitrogens is 2. The van der Waals surface area contributed by atoms with Crippen molar-refractivity contribution in [1.29, 1.82) is 0 Å². The van der Waals surface area contributed by atoms with Crippen molar-refractivity contribution in [3.8, 4) is 11.1 Å². The van der Waals surface area contributed by atoms with Gasteiger partial charge in [-0.25, -0.2) is 13.6 Å². The highest BCUT2D eigenvalue weighted by atomic mass is 32.2. The monoisotopic (exact) mass is 637 g/mol. The Balaban J connectivity index is 0.000000818. The third kappa shape index (κ3) is 6.38. The van der Waals surface area contributed by atoms with Gasteiger partial charge in [0.05, 0.1) is 11.1 Å². The quantitative estimate of drug-likeness (QED) is 0.167. The molecular weight excluding hydrogens is 605 g/mol. The number of rotatable bonds is 4. The van der Waals surface area contributed by atoms with Gasteiger partial charge in [0.2, 0.25) is 5.91 Å². The summed E-state index contributed by atoms with van der Waals surface area (Å²) in [5.41, 5.74) is 4.72. The van der Waals surface area contributed by atoms with E-state index in [0.717, 1.165) is 30.0 Å². The Kier molecular flexibility index (Phi) is 9.88. The van der Waals surface area contributed by atoms with Crippen molar-refractivity contribution in [3.05, 3.63) is 77.0 Å². The number of hydrazine groups is 1. The van der Waals surface area contributed by atoms with Gasteiger partial charge < -0.3 is 21.0 Å². The Morgan fingerprint density at radius 3 is 2.41 bits per heavy atom. The molecular formula is C29H32F5N7O2S. The first kappa shape index (κ1) is 32.8. The van der Waals surface area contributed by atoms with Crippen molar-refractivity contribution in [1.82, 2.24) is 19.9 Å². The van der Waals surface area contributed by atoms with E-state index in [0.29, 0.717) is 18.2 Å². The highest BCUT2D eigenvalue weighted by Gasteiger charge is 2.39. The topological polar surface area (TPSA) is 123 Å². The van der Waals surface area contributed by atoms with E-state index in [4.69, 9.17) is 11.6 Å². The van der Waals surface area contributed by atoms with Crippen LogP contribution in [0.25, 0.3) is 22.0 Å². The molecule has 1 saturated heterocycles. The molecule has 0 spiro atoms. The summed E-state index contributed by atoms with van der Waals surface area (Å²) in [7, 11) is 0. The maximum atomic E-state index is 15.0. The normalized spacial score (nSPS) is 18.5.